The molecule has 1 aromatic carbocycles. The first kappa shape index (κ1) is 15.9. The predicted molar refractivity (Wildman–Crippen MR) is 90.8 cm³/mol. The lowest BCUT2D eigenvalue weighted by Crippen LogP contribution is -2.20. The molecule has 0 spiro atoms. The van der Waals surface area contributed by atoms with Crippen molar-refractivity contribution in [2.45, 2.75) is 50.2 Å². The van der Waals surface area contributed by atoms with Gasteiger partial charge in [-0.15, -0.1) is 0 Å². The van der Waals surface area contributed by atoms with E-state index in [1.807, 2.05) is 36.5 Å². The quantitative estimate of drug-likeness (QED) is 0.759. The van der Waals surface area contributed by atoms with Crippen molar-refractivity contribution in [3.05, 3.63) is 59.4 Å². The number of aliphatic hydroxyl groups excluding tert-OH is 1. The van der Waals surface area contributed by atoms with Crippen molar-refractivity contribution in [2.24, 2.45) is 0 Å². The van der Waals surface area contributed by atoms with Gasteiger partial charge in [-0.05, 0) is 68.4 Å². The molecule has 2 aromatic rings. The minimum Gasteiger partial charge on any atom is -0.387 e. The normalized spacial score (nSPS) is 17.5. The fourth-order valence-corrected chi connectivity index (χ4v) is 3.09. The van der Waals surface area contributed by atoms with E-state index in [4.69, 9.17) is 0 Å². The summed E-state index contributed by atoms with van der Waals surface area (Å²) in [5, 5.41) is 20.4. The summed E-state index contributed by atoms with van der Waals surface area (Å²) in [6.45, 7) is 0. The monoisotopic (exact) mass is 309 g/mol. The van der Waals surface area contributed by atoms with Crippen LogP contribution in [0.4, 0.5) is 0 Å². The molecule has 1 aliphatic rings. The molecule has 0 bridgehead atoms. The third kappa shape index (κ3) is 4.25. The number of aromatic nitrogens is 1. The molecule has 1 saturated carbocycles. The van der Waals surface area contributed by atoms with Crippen LogP contribution in [-0.4, -0.2) is 20.8 Å². The zero-order valence-electron chi connectivity index (χ0n) is 13.3. The molecule has 0 radical (unpaired) electrons. The van der Waals surface area contributed by atoms with Crippen LogP contribution in [0.5, 0.6) is 0 Å². The molecule has 1 heterocycles. The topological polar surface area (TPSA) is 56.2 Å². The highest BCUT2D eigenvalue weighted by atomic mass is 16.3. The van der Waals surface area contributed by atoms with Gasteiger partial charge in [0.1, 0.15) is 5.60 Å². The molecule has 1 atom stereocenters. The lowest BCUT2D eigenvalue weighted by Gasteiger charge is -2.13. The number of benzene rings is 1. The van der Waals surface area contributed by atoms with E-state index in [0.717, 1.165) is 48.9 Å². The van der Waals surface area contributed by atoms with Crippen molar-refractivity contribution in [3.63, 3.8) is 0 Å². The van der Waals surface area contributed by atoms with Gasteiger partial charge in [0.2, 0.25) is 0 Å². The number of hydrogen-bond acceptors (Lipinski definition) is 2. The standard InChI is InChI=1S/C20H23NO2/c22-19(18-7-4-14-21-18)9-8-16-5-3-6-17(15-16)10-13-20(23)11-1-2-12-20/h3-7,14-15,19,21-23H,1-2,8-9,11-12H2. The summed E-state index contributed by atoms with van der Waals surface area (Å²) in [4.78, 5) is 3.04. The predicted octanol–water partition coefficient (Wildman–Crippen LogP) is 3.34. The number of hydrogen-bond donors (Lipinski definition) is 3. The Labute approximate surface area is 137 Å². The molecule has 1 aromatic heterocycles. The van der Waals surface area contributed by atoms with Crippen molar-refractivity contribution in [2.75, 3.05) is 0 Å². The maximum absolute atomic E-state index is 10.3. The molecule has 1 unspecified atom stereocenters. The third-order valence-electron chi connectivity index (χ3n) is 4.48. The molecule has 1 aliphatic carbocycles. The minimum absolute atomic E-state index is 0.473. The van der Waals surface area contributed by atoms with E-state index in [9.17, 15) is 10.2 Å². The molecule has 120 valence electrons. The second-order valence-electron chi connectivity index (χ2n) is 6.37. The van der Waals surface area contributed by atoms with Crippen molar-refractivity contribution < 1.29 is 10.2 Å². The van der Waals surface area contributed by atoms with Crippen LogP contribution in [0.25, 0.3) is 0 Å². The van der Waals surface area contributed by atoms with Crippen LogP contribution in [-0.2, 0) is 6.42 Å². The molecular weight excluding hydrogens is 286 g/mol. The fourth-order valence-electron chi connectivity index (χ4n) is 3.09. The Morgan fingerprint density at radius 2 is 2.00 bits per heavy atom. The summed E-state index contributed by atoms with van der Waals surface area (Å²) in [7, 11) is 0. The lowest BCUT2D eigenvalue weighted by molar-refractivity contribution is 0.110. The van der Waals surface area contributed by atoms with Gasteiger partial charge in [-0.1, -0.05) is 24.0 Å². The maximum atomic E-state index is 10.3. The van der Waals surface area contributed by atoms with Crippen LogP contribution < -0.4 is 0 Å². The van der Waals surface area contributed by atoms with E-state index in [-0.39, 0.29) is 0 Å². The number of aliphatic hydroxyl groups is 2. The van der Waals surface area contributed by atoms with Gasteiger partial charge in [0.05, 0.1) is 6.10 Å². The van der Waals surface area contributed by atoms with Crippen molar-refractivity contribution in [1.29, 1.82) is 0 Å². The van der Waals surface area contributed by atoms with Crippen LogP contribution in [0.2, 0.25) is 0 Å². The highest BCUT2D eigenvalue weighted by Gasteiger charge is 2.28. The Balaban J connectivity index is 1.62. The van der Waals surface area contributed by atoms with Crippen LogP contribution in [0.3, 0.4) is 0 Å². The van der Waals surface area contributed by atoms with Gasteiger partial charge < -0.3 is 15.2 Å². The van der Waals surface area contributed by atoms with E-state index >= 15 is 0 Å². The highest BCUT2D eigenvalue weighted by Crippen LogP contribution is 2.28. The number of aryl methyl sites for hydroxylation is 1. The lowest BCUT2D eigenvalue weighted by atomic mass is 10.0. The summed E-state index contributed by atoms with van der Waals surface area (Å²) >= 11 is 0. The Morgan fingerprint density at radius 3 is 2.74 bits per heavy atom. The van der Waals surface area contributed by atoms with Gasteiger partial charge in [-0.25, -0.2) is 0 Å². The third-order valence-corrected chi connectivity index (χ3v) is 4.48. The average molecular weight is 309 g/mol. The summed E-state index contributed by atoms with van der Waals surface area (Å²) < 4.78 is 0. The van der Waals surface area contributed by atoms with Crippen molar-refractivity contribution in [3.8, 4) is 11.8 Å². The minimum atomic E-state index is -0.792. The first-order chi connectivity index (χ1) is 11.1. The second-order valence-corrected chi connectivity index (χ2v) is 6.37. The van der Waals surface area contributed by atoms with Crippen molar-refractivity contribution in [1.82, 2.24) is 4.98 Å². The molecule has 3 rings (SSSR count). The average Bonchev–Trinajstić information content (AvgIpc) is 3.23. The Morgan fingerprint density at radius 1 is 1.17 bits per heavy atom. The molecule has 0 saturated heterocycles. The van der Waals surface area contributed by atoms with Gasteiger partial charge >= 0.3 is 0 Å². The molecule has 23 heavy (non-hydrogen) atoms. The summed E-state index contributed by atoms with van der Waals surface area (Å²) in [5.41, 5.74) is 2.14. The molecule has 0 amide bonds. The molecule has 3 nitrogen and oxygen atoms in total. The number of H-pyrrole nitrogens is 1. The van der Waals surface area contributed by atoms with E-state index in [1.165, 1.54) is 0 Å². The van der Waals surface area contributed by atoms with Gasteiger partial charge in [-0.2, -0.15) is 0 Å². The summed E-state index contributed by atoms with van der Waals surface area (Å²) in [6, 6.07) is 11.8. The van der Waals surface area contributed by atoms with Gasteiger partial charge in [0, 0.05) is 17.5 Å². The van der Waals surface area contributed by atoms with Gasteiger partial charge in [-0.3, -0.25) is 0 Å². The number of rotatable bonds is 4. The SMILES string of the molecule is OC(CCc1cccc(C#CC2(O)CCCC2)c1)c1ccc[nH]1. The van der Waals surface area contributed by atoms with Crippen LogP contribution in [0.1, 0.15) is 55.0 Å². The molecule has 0 aliphatic heterocycles. The Hall–Kier alpha value is -2.02. The largest absolute Gasteiger partial charge is 0.387 e. The van der Waals surface area contributed by atoms with Gasteiger partial charge in [0.15, 0.2) is 0 Å². The molecule has 3 heteroatoms. The first-order valence-corrected chi connectivity index (χ1v) is 8.30. The van der Waals surface area contributed by atoms with Crippen LogP contribution in [0, 0.1) is 11.8 Å². The first-order valence-electron chi connectivity index (χ1n) is 8.30. The molecule has 3 N–H and O–H groups in total. The maximum Gasteiger partial charge on any atom is 0.125 e. The second kappa shape index (κ2) is 7.04. The smallest absolute Gasteiger partial charge is 0.125 e. The van der Waals surface area contributed by atoms with E-state index in [1.54, 1.807) is 0 Å². The number of aromatic amines is 1. The summed E-state index contributed by atoms with van der Waals surface area (Å²) in [5.74, 6) is 6.15. The zero-order valence-corrected chi connectivity index (χ0v) is 13.3. The van der Waals surface area contributed by atoms with Crippen LogP contribution >= 0.6 is 0 Å². The van der Waals surface area contributed by atoms with E-state index < -0.39 is 11.7 Å². The van der Waals surface area contributed by atoms with Crippen LogP contribution in [0.15, 0.2) is 42.6 Å². The Kier molecular flexibility index (Phi) is 4.85. The molecule has 1 fully saturated rings. The van der Waals surface area contributed by atoms with Gasteiger partial charge in [0.25, 0.3) is 0 Å². The fraction of sp³-hybridized carbons (Fsp3) is 0.400. The van der Waals surface area contributed by atoms with E-state index in [0.29, 0.717) is 6.42 Å². The number of nitrogens with one attached hydrogen (secondary N) is 1. The zero-order chi connectivity index (χ0) is 16.1. The van der Waals surface area contributed by atoms with E-state index in [2.05, 4.69) is 22.9 Å². The highest BCUT2D eigenvalue weighted by molar-refractivity contribution is 5.39. The Bertz CT molecular complexity index is 688. The summed E-state index contributed by atoms with van der Waals surface area (Å²) in [6.07, 6.45) is 6.48. The molecular formula is C20H23NO2. The van der Waals surface area contributed by atoms with Crippen molar-refractivity contribution >= 4 is 0 Å².